The molecule has 2 aliphatic rings. The Hall–Kier alpha value is -3.71. The van der Waals surface area contributed by atoms with E-state index in [4.69, 9.17) is 10.7 Å². The van der Waals surface area contributed by atoms with Gasteiger partial charge in [0.15, 0.2) is 5.65 Å². The van der Waals surface area contributed by atoms with Crippen LogP contribution in [0.1, 0.15) is 56.7 Å². The van der Waals surface area contributed by atoms with E-state index in [2.05, 4.69) is 82.1 Å². The Morgan fingerprint density at radius 2 is 1.86 bits per heavy atom. The molecule has 184 valence electrons. The minimum Gasteiger partial charge on any atom is -0.384 e. The lowest BCUT2D eigenvalue weighted by Gasteiger charge is -2.21. The molecular formula is C29H33N7. The predicted octanol–water partition coefficient (Wildman–Crippen LogP) is 5.90. The first-order chi connectivity index (χ1) is 17.5. The summed E-state index contributed by atoms with van der Waals surface area (Å²) in [6.07, 6.45) is 9.15. The zero-order valence-electron chi connectivity index (χ0n) is 21.1. The number of fused-ring (bicyclic) bond motifs is 1. The van der Waals surface area contributed by atoms with Crippen LogP contribution < -0.4 is 11.1 Å². The average molecular weight is 480 g/mol. The molecule has 2 fully saturated rings. The van der Waals surface area contributed by atoms with Crippen molar-refractivity contribution in [2.24, 2.45) is 0 Å². The second-order valence-corrected chi connectivity index (χ2v) is 10.3. The molecule has 1 aliphatic heterocycles. The fourth-order valence-electron chi connectivity index (χ4n) is 5.23. The molecule has 7 heteroatoms. The number of nitrogens with one attached hydrogen (secondary N) is 1. The zero-order chi connectivity index (χ0) is 24.8. The van der Waals surface area contributed by atoms with E-state index in [-0.39, 0.29) is 0 Å². The topological polar surface area (TPSA) is 84.9 Å². The molecule has 1 saturated heterocycles. The predicted molar refractivity (Wildman–Crippen MR) is 147 cm³/mol. The van der Waals surface area contributed by atoms with Crippen LogP contribution in [0.15, 0.2) is 60.8 Å². The minimum atomic E-state index is 0.502. The van der Waals surface area contributed by atoms with Crippen molar-refractivity contribution in [3.63, 3.8) is 0 Å². The van der Waals surface area contributed by atoms with E-state index in [1.165, 1.54) is 42.5 Å². The summed E-state index contributed by atoms with van der Waals surface area (Å²) in [4.78, 5) is 16.5. The van der Waals surface area contributed by atoms with Gasteiger partial charge in [-0.05, 0) is 94.0 Å². The molecule has 6 rings (SSSR count). The second kappa shape index (κ2) is 9.06. The number of pyridine rings is 1. The van der Waals surface area contributed by atoms with Gasteiger partial charge in [0.1, 0.15) is 11.6 Å². The van der Waals surface area contributed by atoms with Crippen LogP contribution in [0.5, 0.6) is 0 Å². The quantitative estimate of drug-likeness (QED) is 0.358. The van der Waals surface area contributed by atoms with Crippen LogP contribution in [0.2, 0.25) is 0 Å². The highest BCUT2D eigenvalue weighted by molar-refractivity contribution is 5.80. The van der Waals surface area contributed by atoms with Gasteiger partial charge in [-0.1, -0.05) is 24.3 Å². The summed E-state index contributed by atoms with van der Waals surface area (Å²) in [7, 11) is 2.22. The van der Waals surface area contributed by atoms with Crippen molar-refractivity contribution in [3.05, 3.63) is 72.1 Å². The third kappa shape index (κ3) is 4.35. The molecule has 1 aliphatic carbocycles. The number of anilines is 3. The molecule has 4 heterocycles. The number of nitrogens with two attached hydrogens (primary N) is 1. The standard InChI is InChI=1S/C29H33N7/c1-18(15-24-14-7-19(2)35(24)3)20-10-12-23(13-11-20)32-29-31-17-22-16-25(21-8-9-21)36(28(22)34-29)27-6-4-5-26(30)33-27/h4-6,10-13,15-17,19,21,24H,7-9,14H2,1-3H3,(H2,30,33)(H,31,32,34)/b18-15+. The van der Waals surface area contributed by atoms with E-state index in [0.29, 0.717) is 29.8 Å². The van der Waals surface area contributed by atoms with Crippen LogP contribution in [0, 0.1) is 0 Å². The zero-order valence-corrected chi connectivity index (χ0v) is 21.1. The number of nitrogens with zero attached hydrogens (tertiary/aromatic N) is 5. The third-order valence-corrected chi connectivity index (χ3v) is 7.69. The maximum Gasteiger partial charge on any atom is 0.229 e. The highest BCUT2D eigenvalue weighted by atomic mass is 15.2. The number of allylic oxidation sites excluding steroid dienone is 1. The largest absolute Gasteiger partial charge is 0.384 e. The molecule has 0 bridgehead atoms. The molecule has 7 nitrogen and oxygen atoms in total. The van der Waals surface area contributed by atoms with Crippen molar-refractivity contribution in [1.29, 1.82) is 0 Å². The van der Waals surface area contributed by atoms with Gasteiger partial charge in [0.2, 0.25) is 5.95 Å². The SMILES string of the molecule is C/C(=C\C1CCC(C)N1C)c1ccc(Nc2ncc3cc(C4CC4)n(-c4cccc(N)n4)c3n2)cc1. The minimum absolute atomic E-state index is 0.502. The van der Waals surface area contributed by atoms with E-state index in [9.17, 15) is 0 Å². The first-order valence-corrected chi connectivity index (χ1v) is 12.9. The molecule has 36 heavy (non-hydrogen) atoms. The number of nitrogen functional groups attached to an aromatic ring is 1. The molecule has 0 radical (unpaired) electrons. The summed E-state index contributed by atoms with van der Waals surface area (Å²) in [5.41, 5.74) is 11.6. The Kier molecular flexibility index (Phi) is 5.72. The molecule has 3 aromatic heterocycles. The highest BCUT2D eigenvalue weighted by Crippen LogP contribution is 2.43. The number of likely N-dealkylation sites (N-methyl/N-ethyl adjacent to an activating group) is 1. The Morgan fingerprint density at radius 3 is 2.56 bits per heavy atom. The van der Waals surface area contributed by atoms with Crippen LogP contribution in [0.25, 0.3) is 22.4 Å². The van der Waals surface area contributed by atoms with Crippen molar-refractivity contribution in [1.82, 2.24) is 24.4 Å². The summed E-state index contributed by atoms with van der Waals surface area (Å²) in [5, 5.41) is 4.39. The number of aromatic nitrogens is 4. The maximum absolute atomic E-state index is 6.00. The normalized spacial score (nSPS) is 20.8. The van der Waals surface area contributed by atoms with Gasteiger partial charge in [-0.15, -0.1) is 0 Å². The Morgan fingerprint density at radius 1 is 1.06 bits per heavy atom. The second-order valence-electron chi connectivity index (χ2n) is 10.3. The van der Waals surface area contributed by atoms with E-state index >= 15 is 0 Å². The van der Waals surface area contributed by atoms with Gasteiger partial charge >= 0.3 is 0 Å². The van der Waals surface area contributed by atoms with E-state index in [1.807, 2.05) is 18.3 Å². The van der Waals surface area contributed by atoms with Crippen molar-refractivity contribution in [3.8, 4) is 5.82 Å². The summed E-state index contributed by atoms with van der Waals surface area (Å²) in [6.45, 7) is 4.50. The monoisotopic (exact) mass is 479 g/mol. The van der Waals surface area contributed by atoms with Crippen LogP contribution in [0.4, 0.5) is 17.5 Å². The first-order valence-electron chi connectivity index (χ1n) is 12.9. The van der Waals surface area contributed by atoms with Gasteiger partial charge in [-0.2, -0.15) is 4.98 Å². The number of benzene rings is 1. The molecule has 1 saturated carbocycles. The van der Waals surface area contributed by atoms with Crippen molar-refractivity contribution in [2.75, 3.05) is 18.1 Å². The van der Waals surface area contributed by atoms with Crippen LogP contribution in [-0.4, -0.2) is 43.6 Å². The maximum atomic E-state index is 6.00. The molecular weight excluding hydrogens is 446 g/mol. The summed E-state index contributed by atoms with van der Waals surface area (Å²) < 4.78 is 2.13. The van der Waals surface area contributed by atoms with Crippen LogP contribution in [-0.2, 0) is 0 Å². The van der Waals surface area contributed by atoms with Crippen LogP contribution >= 0.6 is 0 Å². The smallest absolute Gasteiger partial charge is 0.229 e. The van der Waals surface area contributed by atoms with Crippen molar-refractivity contribution < 1.29 is 0 Å². The average Bonchev–Trinajstić information content (AvgIpc) is 3.59. The van der Waals surface area contributed by atoms with E-state index in [0.717, 1.165) is 22.5 Å². The number of hydrogen-bond acceptors (Lipinski definition) is 6. The lowest BCUT2D eigenvalue weighted by molar-refractivity contribution is 0.287. The molecule has 1 aromatic carbocycles. The Labute approximate surface area is 212 Å². The Bertz CT molecular complexity index is 1430. The van der Waals surface area contributed by atoms with Gasteiger partial charge in [-0.25, -0.2) is 9.97 Å². The lowest BCUT2D eigenvalue weighted by atomic mass is 10.0. The Balaban J connectivity index is 1.26. The van der Waals surface area contributed by atoms with E-state index < -0.39 is 0 Å². The molecule has 0 amide bonds. The van der Waals surface area contributed by atoms with Gasteiger partial charge in [0, 0.05) is 35.0 Å². The van der Waals surface area contributed by atoms with Gasteiger partial charge in [0.25, 0.3) is 0 Å². The van der Waals surface area contributed by atoms with Crippen molar-refractivity contribution in [2.45, 2.75) is 57.5 Å². The third-order valence-electron chi connectivity index (χ3n) is 7.69. The highest BCUT2D eigenvalue weighted by Gasteiger charge is 2.29. The van der Waals surface area contributed by atoms with Crippen molar-refractivity contribution >= 4 is 34.1 Å². The molecule has 4 aromatic rings. The van der Waals surface area contributed by atoms with Crippen LogP contribution in [0.3, 0.4) is 0 Å². The summed E-state index contributed by atoms with van der Waals surface area (Å²) >= 11 is 0. The fourth-order valence-corrected chi connectivity index (χ4v) is 5.23. The summed E-state index contributed by atoms with van der Waals surface area (Å²) in [5.74, 6) is 2.40. The molecule has 3 N–H and O–H groups in total. The number of rotatable bonds is 6. The molecule has 0 spiro atoms. The molecule has 2 unspecified atom stereocenters. The van der Waals surface area contributed by atoms with Gasteiger partial charge in [-0.3, -0.25) is 9.47 Å². The summed E-state index contributed by atoms with van der Waals surface area (Å²) in [6, 6.07) is 17.6. The number of likely N-dealkylation sites (tertiary alicyclic amines) is 1. The van der Waals surface area contributed by atoms with Gasteiger partial charge < -0.3 is 11.1 Å². The van der Waals surface area contributed by atoms with Gasteiger partial charge in [0.05, 0.1) is 0 Å². The lowest BCUT2D eigenvalue weighted by Crippen LogP contribution is -2.28. The number of hydrogen-bond donors (Lipinski definition) is 2. The van der Waals surface area contributed by atoms with E-state index in [1.54, 1.807) is 6.07 Å². The first kappa shape index (κ1) is 22.7. The molecule has 2 atom stereocenters. The fraction of sp³-hybridized carbons (Fsp3) is 0.345.